The highest BCUT2D eigenvalue weighted by molar-refractivity contribution is 5.44. The van der Waals surface area contributed by atoms with Crippen LogP contribution in [0.4, 0.5) is 13.2 Å². The Hall–Kier alpha value is -2.14. The van der Waals surface area contributed by atoms with Crippen LogP contribution in [0.1, 0.15) is 11.1 Å². The first-order valence-electron chi connectivity index (χ1n) is 4.16. The van der Waals surface area contributed by atoms with Gasteiger partial charge in [0.1, 0.15) is 12.4 Å². The second-order valence-corrected chi connectivity index (χ2v) is 2.81. The number of ether oxygens (including phenoxy) is 1. The zero-order chi connectivity index (χ0) is 12.2. The number of nitrogens with zero attached hydrogens (tertiary/aromatic N) is 1. The second-order valence-electron chi connectivity index (χ2n) is 2.81. The smallest absolute Gasteiger partial charge is 0.417 e. The summed E-state index contributed by atoms with van der Waals surface area (Å²) in [5.74, 6) is 2.31. The molecule has 0 bridgehead atoms. The fraction of sp³-hybridized carbons (Fsp3) is 0.182. The monoisotopic (exact) mass is 225 g/mol. The molecule has 0 aliphatic heterocycles. The molecule has 0 aromatic heterocycles. The summed E-state index contributed by atoms with van der Waals surface area (Å²) in [5, 5.41) is 8.59. The lowest BCUT2D eigenvalue weighted by atomic mass is 10.1. The molecule has 0 aliphatic rings. The van der Waals surface area contributed by atoms with Gasteiger partial charge in [-0.2, -0.15) is 18.4 Å². The highest BCUT2D eigenvalue weighted by Crippen LogP contribution is 2.33. The zero-order valence-electron chi connectivity index (χ0n) is 8.01. The van der Waals surface area contributed by atoms with Crippen LogP contribution < -0.4 is 4.74 Å². The van der Waals surface area contributed by atoms with Crippen LogP contribution >= 0.6 is 0 Å². The van der Waals surface area contributed by atoms with E-state index < -0.39 is 17.3 Å². The molecule has 5 heteroatoms. The Morgan fingerprint density at radius 1 is 1.38 bits per heavy atom. The molecule has 16 heavy (non-hydrogen) atoms. The summed E-state index contributed by atoms with van der Waals surface area (Å²) in [4.78, 5) is 0. The topological polar surface area (TPSA) is 33.0 Å². The summed E-state index contributed by atoms with van der Waals surface area (Å²) >= 11 is 0. The van der Waals surface area contributed by atoms with E-state index in [0.29, 0.717) is 0 Å². The van der Waals surface area contributed by atoms with Gasteiger partial charge in [-0.25, -0.2) is 0 Å². The Bertz CT molecular complexity index is 466. The van der Waals surface area contributed by atoms with Gasteiger partial charge < -0.3 is 4.74 Å². The van der Waals surface area contributed by atoms with Crippen LogP contribution in [-0.4, -0.2) is 6.61 Å². The summed E-state index contributed by atoms with van der Waals surface area (Å²) in [6, 6.07) is 4.40. The average molecular weight is 225 g/mol. The van der Waals surface area contributed by atoms with E-state index in [4.69, 9.17) is 16.4 Å². The van der Waals surface area contributed by atoms with Crippen molar-refractivity contribution < 1.29 is 17.9 Å². The van der Waals surface area contributed by atoms with E-state index in [2.05, 4.69) is 5.92 Å². The van der Waals surface area contributed by atoms with Crippen molar-refractivity contribution in [3.63, 3.8) is 0 Å². The maximum absolute atomic E-state index is 12.4. The Labute approximate surface area is 90.3 Å². The van der Waals surface area contributed by atoms with Crippen LogP contribution in [0.5, 0.6) is 5.75 Å². The minimum Gasteiger partial charge on any atom is -0.481 e. The molecule has 0 heterocycles. The van der Waals surface area contributed by atoms with Crippen LogP contribution in [0.2, 0.25) is 0 Å². The Morgan fingerprint density at radius 2 is 2.06 bits per heavy atom. The number of nitriles is 1. The Kier molecular flexibility index (Phi) is 3.42. The lowest BCUT2D eigenvalue weighted by Crippen LogP contribution is -2.08. The normalized spacial score (nSPS) is 10.3. The van der Waals surface area contributed by atoms with E-state index in [1.807, 2.05) is 0 Å². The lowest BCUT2D eigenvalue weighted by molar-refractivity contribution is -0.137. The minimum absolute atomic E-state index is 0.0593. The van der Waals surface area contributed by atoms with Crippen molar-refractivity contribution in [3.8, 4) is 24.2 Å². The summed E-state index contributed by atoms with van der Waals surface area (Å²) in [6.45, 7) is -0.0593. The van der Waals surface area contributed by atoms with Crippen molar-refractivity contribution in [2.24, 2.45) is 0 Å². The molecule has 0 spiro atoms. The van der Waals surface area contributed by atoms with Gasteiger partial charge >= 0.3 is 6.18 Å². The zero-order valence-corrected chi connectivity index (χ0v) is 8.01. The first-order chi connectivity index (χ1) is 7.49. The van der Waals surface area contributed by atoms with Gasteiger partial charge in [0, 0.05) is 0 Å². The predicted octanol–water partition coefficient (Wildman–Crippen LogP) is 2.59. The molecule has 0 saturated carbocycles. The highest BCUT2D eigenvalue weighted by Gasteiger charge is 2.33. The van der Waals surface area contributed by atoms with Gasteiger partial charge in [-0.05, 0) is 18.2 Å². The van der Waals surface area contributed by atoms with E-state index in [1.54, 1.807) is 0 Å². The fourth-order valence-corrected chi connectivity index (χ4v) is 1.08. The molecule has 0 atom stereocenters. The molecule has 0 saturated heterocycles. The van der Waals surface area contributed by atoms with Crippen molar-refractivity contribution in [2.45, 2.75) is 6.18 Å². The lowest BCUT2D eigenvalue weighted by Gasteiger charge is -2.09. The van der Waals surface area contributed by atoms with Crippen molar-refractivity contribution in [1.82, 2.24) is 0 Å². The molecule has 1 rings (SSSR count). The third-order valence-corrected chi connectivity index (χ3v) is 1.74. The van der Waals surface area contributed by atoms with Crippen molar-refractivity contribution in [1.29, 1.82) is 5.26 Å². The third kappa shape index (κ3) is 2.68. The molecule has 1 aromatic rings. The number of alkyl halides is 3. The summed E-state index contributed by atoms with van der Waals surface area (Å²) < 4.78 is 42.1. The second kappa shape index (κ2) is 4.59. The molecular formula is C11H6F3NO. The van der Waals surface area contributed by atoms with E-state index >= 15 is 0 Å². The molecule has 0 radical (unpaired) electrons. The SMILES string of the molecule is C#CCOc1ccc(C(F)(F)F)c(C#N)c1. The maximum Gasteiger partial charge on any atom is 0.417 e. The first kappa shape index (κ1) is 11.9. The number of hydrogen-bond acceptors (Lipinski definition) is 2. The summed E-state index contributed by atoms with van der Waals surface area (Å²) in [6.07, 6.45) is 0.380. The highest BCUT2D eigenvalue weighted by atomic mass is 19.4. The van der Waals surface area contributed by atoms with Crippen LogP contribution in [0.3, 0.4) is 0 Å². The maximum atomic E-state index is 12.4. The molecule has 0 N–H and O–H groups in total. The molecule has 0 aliphatic carbocycles. The van der Waals surface area contributed by atoms with E-state index in [-0.39, 0.29) is 12.4 Å². The molecule has 1 aromatic carbocycles. The summed E-state index contributed by atoms with van der Waals surface area (Å²) in [5.41, 5.74) is -1.47. The molecule has 82 valence electrons. The largest absolute Gasteiger partial charge is 0.481 e. The number of halogens is 3. The van der Waals surface area contributed by atoms with Gasteiger partial charge in [-0.1, -0.05) is 5.92 Å². The molecule has 2 nitrogen and oxygen atoms in total. The number of benzene rings is 1. The van der Waals surface area contributed by atoms with Crippen LogP contribution in [0, 0.1) is 23.7 Å². The first-order valence-corrected chi connectivity index (χ1v) is 4.16. The minimum atomic E-state index is -4.55. The van der Waals surface area contributed by atoms with Gasteiger partial charge in [0.15, 0.2) is 0 Å². The van der Waals surface area contributed by atoms with Gasteiger partial charge in [0.2, 0.25) is 0 Å². The van der Waals surface area contributed by atoms with Crippen LogP contribution in [0.15, 0.2) is 18.2 Å². The van der Waals surface area contributed by atoms with Gasteiger partial charge in [0.05, 0.1) is 17.2 Å². The van der Waals surface area contributed by atoms with Gasteiger partial charge in [-0.15, -0.1) is 6.42 Å². The van der Waals surface area contributed by atoms with Gasteiger partial charge in [-0.3, -0.25) is 0 Å². The van der Waals surface area contributed by atoms with Crippen LogP contribution in [-0.2, 0) is 6.18 Å². The Morgan fingerprint density at radius 3 is 2.56 bits per heavy atom. The van der Waals surface area contributed by atoms with Crippen molar-refractivity contribution in [3.05, 3.63) is 29.3 Å². The van der Waals surface area contributed by atoms with Gasteiger partial charge in [0.25, 0.3) is 0 Å². The Balaban J connectivity index is 3.10. The molecule has 0 amide bonds. The van der Waals surface area contributed by atoms with E-state index in [0.717, 1.165) is 18.2 Å². The van der Waals surface area contributed by atoms with E-state index in [1.165, 1.54) is 6.07 Å². The van der Waals surface area contributed by atoms with Crippen molar-refractivity contribution >= 4 is 0 Å². The number of rotatable bonds is 2. The quantitative estimate of drug-likeness (QED) is 0.725. The predicted molar refractivity (Wildman–Crippen MR) is 50.5 cm³/mol. The van der Waals surface area contributed by atoms with E-state index in [9.17, 15) is 13.2 Å². The standard InChI is InChI=1S/C11H6F3NO/c1-2-5-16-9-3-4-10(11(12,13)14)8(6-9)7-15/h1,3-4,6H,5H2. The number of hydrogen-bond donors (Lipinski definition) is 0. The molecule has 0 fully saturated rings. The number of terminal acetylenes is 1. The fourth-order valence-electron chi connectivity index (χ4n) is 1.08. The molecular weight excluding hydrogens is 219 g/mol. The average Bonchev–Trinajstić information content (AvgIpc) is 2.24. The van der Waals surface area contributed by atoms with Crippen LogP contribution in [0.25, 0.3) is 0 Å². The third-order valence-electron chi connectivity index (χ3n) is 1.74. The molecule has 0 unspecified atom stereocenters. The van der Waals surface area contributed by atoms with Crippen molar-refractivity contribution in [2.75, 3.05) is 6.61 Å². The summed E-state index contributed by atoms with van der Waals surface area (Å²) in [7, 11) is 0.